The molecule has 0 unspecified atom stereocenters. The van der Waals surface area contributed by atoms with Gasteiger partial charge >= 0.3 is 0 Å². The van der Waals surface area contributed by atoms with Crippen LogP contribution in [0.1, 0.15) is 57.8 Å². The highest BCUT2D eigenvalue weighted by Gasteiger charge is 2.33. The number of carbonyl (C=O) groups excluding carboxylic acids is 2. The lowest BCUT2D eigenvalue weighted by Gasteiger charge is -2.42. The van der Waals surface area contributed by atoms with Crippen LogP contribution in [0.15, 0.2) is 0 Å². The molecule has 8 nitrogen and oxygen atoms in total. The maximum absolute atomic E-state index is 13.1. The van der Waals surface area contributed by atoms with E-state index in [9.17, 15) is 9.59 Å². The first kappa shape index (κ1) is 21.1. The molecular weight excluding hydrogens is 412 g/mol. The number of hydrogen-bond donors (Lipinski definition) is 0. The Hall–Kier alpha value is -1.74. The van der Waals surface area contributed by atoms with Crippen LogP contribution in [0.2, 0.25) is 0 Å². The zero-order valence-corrected chi connectivity index (χ0v) is 19.2. The fourth-order valence-corrected chi connectivity index (χ4v) is 6.57. The second-order valence-corrected chi connectivity index (χ2v) is 10.4. The average Bonchev–Trinajstić information content (AvgIpc) is 3.48. The molecule has 0 N–H and O–H groups in total. The molecule has 2 amide bonds. The first-order valence-corrected chi connectivity index (χ1v) is 12.9. The standard InChI is InChI=1S/C22H34N6O2S/c29-19-7-4-10-28(19)22-24-23-21(31-22)27-11-8-17(9-12-27)20(30)26-15-13-25(14-16-26)18-5-2-1-3-6-18/h17-18H,1-16H2. The minimum Gasteiger partial charge on any atom is -0.347 e. The highest BCUT2D eigenvalue weighted by Crippen LogP contribution is 2.32. The van der Waals surface area contributed by atoms with E-state index < -0.39 is 0 Å². The lowest BCUT2D eigenvalue weighted by Crippen LogP contribution is -2.54. The van der Waals surface area contributed by atoms with Crippen LogP contribution in [-0.2, 0) is 9.59 Å². The van der Waals surface area contributed by atoms with Gasteiger partial charge in [-0.1, -0.05) is 30.6 Å². The third-order valence-corrected chi connectivity index (χ3v) is 8.55. The Morgan fingerprint density at radius 3 is 2.19 bits per heavy atom. The van der Waals surface area contributed by atoms with Gasteiger partial charge in [-0.2, -0.15) is 0 Å². The number of rotatable bonds is 4. The quantitative estimate of drug-likeness (QED) is 0.707. The largest absolute Gasteiger partial charge is 0.347 e. The van der Waals surface area contributed by atoms with Crippen LogP contribution in [0, 0.1) is 5.92 Å². The molecule has 0 atom stereocenters. The molecule has 31 heavy (non-hydrogen) atoms. The fraction of sp³-hybridized carbons (Fsp3) is 0.818. The van der Waals surface area contributed by atoms with Crippen LogP contribution in [0.3, 0.4) is 0 Å². The van der Waals surface area contributed by atoms with Crippen LogP contribution in [0.5, 0.6) is 0 Å². The minimum atomic E-state index is 0.130. The molecule has 0 radical (unpaired) electrons. The summed E-state index contributed by atoms with van der Waals surface area (Å²) in [4.78, 5) is 33.8. The monoisotopic (exact) mass is 446 g/mol. The molecule has 4 fully saturated rings. The van der Waals surface area contributed by atoms with Gasteiger partial charge in [-0.15, -0.1) is 10.2 Å². The Balaban J connectivity index is 1.09. The third-order valence-electron chi connectivity index (χ3n) is 7.54. The number of aromatic nitrogens is 2. The Morgan fingerprint density at radius 1 is 0.806 bits per heavy atom. The van der Waals surface area contributed by atoms with Gasteiger partial charge in [0.15, 0.2) is 0 Å². The van der Waals surface area contributed by atoms with Crippen molar-refractivity contribution < 1.29 is 9.59 Å². The van der Waals surface area contributed by atoms with Gasteiger partial charge in [0.2, 0.25) is 22.1 Å². The van der Waals surface area contributed by atoms with E-state index in [-0.39, 0.29) is 11.8 Å². The Kier molecular flexibility index (Phi) is 6.41. The van der Waals surface area contributed by atoms with Crippen molar-refractivity contribution >= 4 is 33.4 Å². The van der Waals surface area contributed by atoms with E-state index in [1.165, 1.54) is 43.4 Å². The van der Waals surface area contributed by atoms with E-state index in [1.807, 2.05) is 0 Å². The molecule has 1 aliphatic carbocycles. The fourth-order valence-electron chi connectivity index (χ4n) is 5.62. The summed E-state index contributed by atoms with van der Waals surface area (Å²) in [7, 11) is 0. The molecule has 1 aromatic rings. The van der Waals surface area contributed by atoms with Crippen LogP contribution in [0.25, 0.3) is 0 Å². The average molecular weight is 447 g/mol. The van der Waals surface area contributed by atoms with Gasteiger partial charge in [-0.05, 0) is 32.1 Å². The number of hydrogen-bond acceptors (Lipinski definition) is 7. The van der Waals surface area contributed by atoms with Crippen LogP contribution in [-0.4, -0.2) is 83.7 Å². The van der Waals surface area contributed by atoms with Crippen molar-refractivity contribution in [3.8, 4) is 0 Å². The van der Waals surface area contributed by atoms with Crippen LogP contribution < -0.4 is 9.80 Å². The van der Waals surface area contributed by atoms with E-state index in [0.717, 1.165) is 76.2 Å². The van der Waals surface area contributed by atoms with E-state index in [0.29, 0.717) is 17.5 Å². The lowest BCUT2D eigenvalue weighted by atomic mass is 9.93. The van der Waals surface area contributed by atoms with Crippen molar-refractivity contribution in [3.63, 3.8) is 0 Å². The summed E-state index contributed by atoms with van der Waals surface area (Å²) in [5.74, 6) is 0.629. The van der Waals surface area contributed by atoms with E-state index in [2.05, 4.69) is 24.9 Å². The normalized spacial score (nSPS) is 24.9. The van der Waals surface area contributed by atoms with E-state index in [1.54, 1.807) is 4.90 Å². The van der Waals surface area contributed by atoms with E-state index in [4.69, 9.17) is 0 Å². The van der Waals surface area contributed by atoms with Crippen LogP contribution in [0.4, 0.5) is 10.3 Å². The predicted octanol–water partition coefficient (Wildman–Crippen LogP) is 2.36. The van der Waals surface area contributed by atoms with Gasteiger partial charge in [-0.3, -0.25) is 19.4 Å². The topological polar surface area (TPSA) is 72.9 Å². The molecule has 0 aromatic carbocycles. The van der Waals surface area contributed by atoms with Gasteiger partial charge in [0, 0.05) is 64.2 Å². The second kappa shape index (κ2) is 9.40. The van der Waals surface area contributed by atoms with Crippen molar-refractivity contribution in [1.29, 1.82) is 0 Å². The van der Waals surface area contributed by atoms with Crippen molar-refractivity contribution in [3.05, 3.63) is 0 Å². The van der Waals surface area contributed by atoms with Gasteiger partial charge in [0.25, 0.3) is 0 Å². The summed E-state index contributed by atoms with van der Waals surface area (Å²) in [6.45, 7) is 6.27. The summed E-state index contributed by atoms with van der Waals surface area (Å²) < 4.78 is 0. The molecule has 4 heterocycles. The molecule has 0 spiro atoms. The molecule has 0 bridgehead atoms. The van der Waals surface area contributed by atoms with Crippen molar-refractivity contribution in [2.24, 2.45) is 5.92 Å². The summed E-state index contributed by atoms with van der Waals surface area (Å²) in [5, 5.41) is 10.2. The Morgan fingerprint density at radius 2 is 1.52 bits per heavy atom. The Labute approximate surface area is 188 Å². The smallest absolute Gasteiger partial charge is 0.228 e. The SMILES string of the molecule is O=C(C1CCN(c2nnc(N3CCCC3=O)s2)CC1)N1CCN(C2CCCCC2)CC1. The number of piperazine rings is 1. The van der Waals surface area contributed by atoms with Crippen LogP contribution >= 0.6 is 11.3 Å². The molecule has 4 aliphatic rings. The van der Waals surface area contributed by atoms with Gasteiger partial charge in [-0.25, -0.2) is 0 Å². The molecule has 1 saturated carbocycles. The highest BCUT2D eigenvalue weighted by molar-refractivity contribution is 7.19. The van der Waals surface area contributed by atoms with E-state index >= 15 is 0 Å². The van der Waals surface area contributed by atoms with Crippen molar-refractivity contribution in [2.45, 2.75) is 63.8 Å². The second-order valence-electron chi connectivity index (χ2n) is 9.43. The van der Waals surface area contributed by atoms with Gasteiger partial charge in [0.05, 0.1) is 0 Å². The van der Waals surface area contributed by atoms with Gasteiger partial charge in [0.1, 0.15) is 0 Å². The maximum Gasteiger partial charge on any atom is 0.228 e. The number of piperidine rings is 1. The molecule has 9 heteroatoms. The molecule has 1 aromatic heterocycles. The maximum atomic E-state index is 13.1. The third kappa shape index (κ3) is 4.58. The first-order chi connectivity index (χ1) is 15.2. The van der Waals surface area contributed by atoms with Crippen molar-refractivity contribution in [1.82, 2.24) is 20.0 Å². The minimum absolute atomic E-state index is 0.130. The molecule has 3 aliphatic heterocycles. The Bertz CT molecular complexity index is 779. The van der Waals surface area contributed by atoms with Crippen molar-refractivity contribution in [2.75, 3.05) is 55.6 Å². The summed E-state index contributed by atoms with van der Waals surface area (Å²) in [5.41, 5.74) is 0. The molecule has 170 valence electrons. The number of nitrogens with zero attached hydrogens (tertiary/aromatic N) is 6. The van der Waals surface area contributed by atoms with Gasteiger partial charge < -0.3 is 9.80 Å². The summed E-state index contributed by atoms with van der Waals surface area (Å²) >= 11 is 1.50. The first-order valence-electron chi connectivity index (χ1n) is 12.1. The lowest BCUT2D eigenvalue weighted by molar-refractivity contribution is -0.138. The zero-order valence-electron chi connectivity index (χ0n) is 18.4. The number of carbonyl (C=O) groups is 2. The summed E-state index contributed by atoms with van der Waals surface area (Å²) in [6, 6.07) is 0.752. The molecular formula is C22H34N6O2S. The zero-order chi connectivity index (χ0) is 21.2. The highest BCUT2D eigenvalue weighted by atomic mass is 32.1. The molecule has 3 saturated heterocycles. The number of amides is 2. The number of anilines is 2. The predicted molar refractivity (Wildman–Crippen MR) is 121 cm³/mol. The summed E-state index contributed by atoms with van der Waals surface area (Å²) in [6.07, 6.45) is 10.1. The molecule has 5 rings (SSSR count).